The normalized spacial score (nSPS) is 21.4. The van der Waals surface area contributed by atoms with Crippen LogP contribution in [0.4, 0.5) is 0 Å². The van der Waals surface area contributed by atoms with Crippen molar-refractivity contribution in [3.63, 3.8) is 0 Å². The first kappa shape index (κ1) is 15.7. The summed E-state index contributed by atoms with van der Waals surface area (Å²) in [6, 6.07) is 6.93. The van der Waals surface area contributed by atoms with Gasteiger partial charge in [-0.2, -0.15) is 0 Å². The molecule has 1 amide bonds. The van der Waals surface area contributed by atoms with Crippen molar-refractivity contribution >= 4 is 34.4 Å². The molecular formula is C17H17ClN2O3. The van der Waals surface area contributed by atoms with E-state index < -0.39 is 11.4 Å². The average Bonchev–Trinajstić information content (AvgIpc) is 2.55. The third-order valence-corrected chi connectivity index (χ3v) is 4.78. The molecule has 2 heterocycles. The first-order chi connectivity index (χ1) is 10.9. The fourth-order valence-electron chi connectivity index (χ4n) is 3.07. The van der Waals surface area contributed by atoms with Crippen molar-refractivity contribution in [3.05, 3.63) is 41.0 Å². The van der Waals surface area contributed by atoms with E-state index in [1.165, 1.54) is 0 Å². The number of halogens is 1. The molecule has 0 bridgehead atoms. The molecule has 0 spiro atoms. The van der Waals surface area contributed by atoms with E-state index in [2.05, 4.69) is 4.98 Å². The van der Waals surface area contributed by atoms with Gasteiger partial charge in [0, 0.05) is 24.7 Å². The molecule has 1 N–H and O–H groups in total. The lowest BCUT2D eigenvalue weighted by atomic mass is 9.82. The van der Waals surface area contributed by atoms with Crippen LogP contribution in [0.5, 0.6) is 0 Å². The third kappa shape index (κ3) is 2.77. The van der Waals surface area contributed by atoms with Crippen molar-refractivity contribution in [1.29, 1.82) is 0 Å². The van der Waals surface area contributed by atoms with Gasteiger partial charge < -0.3 is 10.0 Å². The zero-order valence-corrected chi connectivity index (χ0v) is 13.5. The third-order valence-electron chi connectivity index (χ3n) is 4.45. The summed E-state index contributed by atoms with van der Waals surface area (Å²) in [4.78, 5) is 30.2. The number of pyridine rings is 1. The summed E-state index contributed by atoms with van der Waals surface area (Å²) in [5.41, 5.74) is 0.107. The number of benzene rings is 1. The van der Waals surface area contributed by atoms with Gasteiger partial charge in [-0.05, 0) is 44.0 Å². The molecule has 1 saturated heterocycles. The minimum absolute atomic E-state index is 0.197. The molecule has 5 nitrogen and oxygen atoms in total. The van der Waals surface area contributed by atoms with Crippen molar-refractivity contribution < 1.29 is 14.7 Å². The van der Waals surface area contributed by atoms with Crippen LogP contribution in [-0.2, 0) is 4.79 Å². The Balaban J connectivity index is 1.98. The van der Waals surface area contributed by atoms with Crippen LogP contribution >= 0.6 is 11.6 Å². The number of aromatic nitrogens is 1. The van der Waals surface area contributed by atoms with Crippen LogP contribution in [0, 0.1) is 5.41 Å². The average molecular weight is 333 g/mol. The van der Waals surface area contributed by atoms with E-state index in [9.17, 15) is 14.7 Å². The van der Waals surface area contributed by atoms with E-state index >= 15 is 0 Å². The lowest BCUT2D eigenvalue weighted by Crippen LogP contribution is -2.48. The highest BCUT2D eigenvalue weighted by Crippen LogP contribution is 2.32. The molecule has 1 aliphatic rings. The molecular weight excluding hydrogens is 316 g/mol. The number of fused-ring (bicyclic) bond motifs is 1. The van der Waals surface area contributed by atoms with E-state index in [4.69, 9.17) is 11.6 Å². The summed E-state index contributed by atoms with van der Waals surface area (Å²) in [6.45, 7) is 2.45. The first-order valence-electron chi connectivity index (χ1n) is 7.48. The van der Waals surface area contributed by atoms with Crippen molar-refractivity contribution in [2.24, 2.45) is 5.41 Å². The molecule has 1 atom stereocenters. The molecule has 3 rings (SSSR count). The molecule has 1 unspecified atom stereocenters. The van der Waals surface area contributed by atoms with Crippen LogP contribution in [-0.4, -0.2) is 40.0 Å². The van der Waals surface area contributed by atoms with Crippen molar-refractivity contribution in [2.45, 2.75) is 19.8 Å². The smallest absolute Gasteiger partial charge is 0.311 e. The van der Waals surface area contributed by atoms with Crippen LogP contribution in [0.1, 0.15) is 30.1 Å². The molecule has 0 aliphatic carbocycles. The molecule has 1 aliphatic heterocycles. The van der Waals surface area contributed by atoms with Crippen molar-refractivity contribution in [1.82, 2.24) is 9.88 Å². The van der Waals surface area contributed by atoms with Gasteiger partial charge in [-0.1, -0.05) is 11.6 Å². The topological polar surface area (TPSA) is 70.5 Å². The summed E-state index contributed by atoms with van der Waals surface area (Å²) in [5, 5.41) is 10.7. The van der Waals surface area contributed by atoms with Crippen LogP contribution in [0.25, 0.3) is 10.9 Å². The van der Waals surface area contributed by atoms with Crippen molar-refractivity contribution in [2.75, 3.05) is 13.1 Å². The molecule has 23 heavy (non-hydrogen) atoms. The van der Waals surface area contributed by atoms with E-state index in [-0.39, 0.29) is 12.5 Å². The van der Waals surface area contributed by atoms with Crippen LogP contribution in [0.2, 0.25) is 5.02 Å². The number of likely N-dealkylation sites (tertiary alicyclic amines) is 1. The second kappa shape index (κ2) is 5.81. The molecule has 0 saturated carbocycles. The number of carboxylic acid groups (broad SMARTS) is 1. The van der Waals surface area contributed by atoms with Crippen molar-refractivity contribution in [3.8, 4) is 0 Å². The van der Waals surface area contributed by atoms with Gasteiger partial charge in [-0.3, -0.25) is 14.6 Å². The van der Waals surface area contributed by atoms with Gasteiger partial charge >= 0.3 is 5.97 Å². The zero-order valence-electron chi connectivity index (χ0n) is 12.8. The van der Waals surface area contributed by atoms with Gasteiger partial charge in [0.2, 0.25) is 0 Å². The lowest BCUT2D eigenvalue weighted by molar-refractivity contribution is -0.150. The Morgan fingerprint density at radius 1 is 1.35 bits per heavy atom. The molecule has 2 aromatic rings. The number of carboxylic acids is 1. The Morgan fingerprint density at radius 2 is 2.13 bits per heavy atom. The second-order valence-corrected chi connectivity index (χ2v) is 6.60. The summed E-state index contributed by atoms with van der Waals surface area (Å²) in [6.07, 6.45) is 2.87. The Morgan fingerprint density at radius 3 is 2.87 bits per heavy atom. The Kier molecular flexibility index (Phi) is 3.98. The highest BCUT2D eigenvalue weighted by Gasteiger charge is 2.39. The molecule has 1 aromatic heterocycles. The minimum atomic E-state index is -0.899. The number of hydrogen-bond donors (Lipinski definition) is 1. The van der Waals surface area contributed by atoms with Gasteiger partial charge in [0.1, 0.15) is 0 Å². The van der Waals surface area contributed by atoms with Gasteiger partial charge in [0.05, 0.1) is 21.5 Å². The van der Waals surface area contributed by atoms with E-state index in [1.807, 2.05) is 6.07 Å². The monoisotopic (exact) mass is 332 g/mol. The Labute approximate surface area is 138 Å². The minimum Gasteiger partial charge on any atom is -0.481 e. The standard InChI is InChI=1S/C17H17ClN2O3/c1-17(16(22)23)7-3-9-20(10-17)15(21)12-5-6-13(18)11-4-2-8-19-14(11)12/h2,4-6,8H,3,7,9-10H2,1H3,(H,22,23). The predicted octanol–water partition coefficient (Wildman–Crippen LogP) is 3.22. The first-order valence-corrected chi connectivity index (χ1v) is 7.86. The van der Waals surface area contributed by atoms with E-state index in [0.29, 0.717) is 35.5 Å². The highest BCUT2D eigenvalue weighted by atomic mass is 35.5. The van der Waals surface area contributed by atoms with Gasteiger partial charge in [0.15, 0.2) is 0 Å². The maximum atomic E-state index is 12.9. The SMILES string of the molecule is CC1(C(=O)O)CCCN(C(=O)c2ccc(Cl)c3cccnc23)C1. The number of hydrogen-bond acceptors (Lipinski definition) is 3. The number of aliphatic carboxylic acids is 1. The zero-order chi connectivity index (χ0) is 16.6. The summed E-state index contributed by atoms with van der Waals surface area (Å²) in [5.74, 6) is -1.06. The lowest BCUT2D eigenvalue weighted by Gasteiger charge is -2.37. The summed E-state index contributed by atoms with van der Waals surface area (Å²) < 4.78 is 0. The fraction of sp³-hybridized carbons (Fsp3) is 0.353. The van der Waals surface area contributed by atoms with Gasteiger partial charge in [0.25, 0.3) is 5.91 Å². The number of rotatable bonds is 2. The number of nitrogens with zero attached hydrogens (tertiary/aromatic N) is 2. The van der Waals surface area contributed by atoms with Crippen LogP contribution < -0.4 is 0 Å². The summed E-state index contributed by atoms with van der Waals surface area (Å²) >= 11 is 6.16. The largest absolute Gasteiger partial charge is 0.481 e. The number of carbonyl (C=O) groups excluding carboxylic acids is 1. The Bertz CT molecular complexity index is 793. The maximum Gasteiger partial charge on any atom is 0.311 e. The fourth-order valence-corrected chi connectivity index (χ4v) is 3.28. The highest BCUT2D eigenvalue weighted by molar-refractivity contribution is 6.36. The molecule has 1 aromatic carbocycles. The predicted molar refractivity (Wildman–Crippen MR) is 87.6 cm³/mol. The number of carbonyl (C=O) groups is 2. The Hall–Kier alpha value is -2.14. The molecule has 0 radical (unpaired) electrons. The van der Waals surface area contributed by atoms with Gasteiger partial charge in [-0.15, -0.1) is 0 Å². The van der Waals surface area contributed by atoms with E-state index in [0.717, 1.165) is 5.39 Å². The quantitative estimate of drug-likeness (QED) is 0.916. The number of piperidine rings is 1. The van der Waals surface area contributed by atoms with Crippen LogP contribution in [0.15, 0.2) is 30.5 Å². The van der Waals surface area contributed by atoms with Crippen LogP contribution in [0.3, 0.4) is 0 Å². The summed E-state index contributed by atoms with van der Waals surface area (Å²) in [7, 11) is 0. The molecule has 6 heteroatoms. The number of amides is 1. The molecule has 120 valence electrons. The maximum absolute atomic E-state index is 12.9. The van der Waals surface area contributed by atoms with E-state index in [1.54, 1.807) is 36.2 Å². The molecule has 1 fully saturated rings. The second-order valence-electron chi connectivity index (χ2n) is 6.19. The van der Waals surface area contributed by atoms with Gasteiger partial charge in [-0.25, -0.2) is 0 Å².